The van der Waals surface area contributed by atoms with E-state index in [1.807, 2.05) is 25.1 Å². The van der Waals surface area contributed by atoms with Gasteiger partial charge in [-0.1, -0.05) is 29.8 Å². The van der Waals surface area contributed by atoms with Crippen LogP contribution >= 0.6 is 0 Å². The second kappa shape index (κ2) is 6.58. The van der Waals surface area contributed by atoms with E-state index < -0.39 is 0 Å². The first-order valence-electron chi connectivity index (χ1n) is 7.79. The van der Waals surface area contributed by atoms with Gasteiger partial charge in [0.15, 0.2) is 0 Å². The summed E-state index contributed by atoms with van der Waals surface area (Å²) in [5.74, 6) is 0.0979. The molecule has 0 spiro atoms. The van der Waals surface area contributed by atoms with Gasteiger partial charge in [-0.2, -0.15) is 0 Å². The Morgan fingerprint density at radius 3 is 2.86 bits per heavy atom. The molecule has 1 aliphatic carbocycles. The van der Waals surface area contributed by atoms with Crippen molar-refractivity contribution in [2.75, 3.05) is 13.2 Å². The maximum Gasteiger partial charge on any atom is 0.224 e. The highest BCUT2D eigenvalue weighted by Gasteiger charge is 2.34. The fourth-order valence-corrected chi connectivity index (χ4v) is 3.28. The summed E-state index contributed by atoms with van der Waals surface area (Å²) in [7, 11) is 0. The van der Waals surface area contributed by atoms with E-state index in [-0.39, 0.29) is 24.2 Å². The van der Waals surface area contributed by atoms with Crippen LogP contribution in [0.2, 0.25) is 0 Å². The molecule has 3 atom stereocenters. The summed E-state index contributed by atoms with van der Waals surface area (Å²) in [6, 6.07) is 8.32. The predicted molar refractivity (Wildman–Crippen MR) is 80.1 cm³/mol. The van der Waals surface area contributed by atoms with Crippen LogP contribution in [0, 0.1) is 6.92 Å². The monoisotopic (exact) mass is 289 g/mol. The van der Waals surface area contributed by atoms with E-state index in [0.717, 1.165) is 24.8 Å². The number of ether oxygens (including phenoxy) is 2. The fraction of sp³-hybridized carbons (Fsp3) is 0.588. The Kier molecular flexibility index (Phi) is 4.56. The normalized spacial score (nSPS) is 28.7. The van der Waals surface area contributed by atoms with Gasteiger partial charge in [0.2, 0.25) is 5.91 Å². The van der Waals surface area contributed by atoms with Gasteiger partial charge in [-0.05, 0) is 31.7 Å². The maximum atomic E-state index is 12.2. The summed E-state index contributed by atoms with van der Waals surface area (Å²) in [6.07, 6.45) is 3.64. The lowest BCUT2D eigenvalue weighted by Gasteiger charge is -2.39. The fourth-order valence-electron chi connectivity index (χ4n) is 3.28. The molecule has 1 aromatic carbocycles. The van der Waals surface area contributed by atoms with E-state index in [9.17, 15) is 4.79 Å². The number of carbonyl (C=O) groups excluding carboxylic acids is 1. The summed E-state index contributed by atoms with van der Waals surface area (Å²) in [5, 5.41) is 3.15. The van der Waals surface area contributed by atoms with E-state index in [1.54, 1.807) is 0 Å². The van der Waals surface area contributed by atoms with E-state index in [2.05, 4.69) is 11.4 Å². The second-order valence-corrected chi connectivity index (χ2v) is 6.06. The average molecular weight is 289 g/mol. The molecule has 1 N–H and O–H groups in total. The molecule has 0 unspecified atom stereocenters. The van der Waals surface area contributed by atoms with Crippen molar-refractivity contribution in [2.24, 2.45) is 0 Å². The van der Waals surface area contributed by atoms with Gasteiger partial charge in [0.25, 0.3) is 0 Å². The van der Waals surface area contributed by atoms with Gasteiger partial charge in [-0.15, -0.1) is 0 Å². The van der Waals surface area contributed by atoms with Crippen molar-refractivity contribution in [3.05, 3.63) is 35.4 Å². The van der Waals surface area contributed by atoms with Gasteiger partial charge in [-0.3, -0.25) is 4.79 Å². The van der Waals surface area contributed by atoms with Crippen LogP contribution < -0.4 is 5.32 Å². The standard InChI is InChI=1S/C17H23NO3/c1-12-3-2-4-13(9-12)10-17(19)18-14-5-6-15-16(11-14)21-8-7-20-15/h2-4,9,14-16H,5-8,10-11H2,1H3,(H,18,19)/t14-,15-,16-/m1/s1. The lowest BCUT2D eigenvalue weighted by Crippen LogP contribution is -2.49. The number of hydrogen-bond acceptors (Lipinski definition) is 3. The highest BCUT2D eigenvalue weighted by molar-refractivity contribution is 5.78. The Morgan fingerprint density at radius 1 is 1.24 bits per heavy atom. The summed E-state index contributed by atoms with van der Waals surface area (Å²) in [4.78, 5) is 12.2. The molecule has 3 rings (SSSR count). The molecule has 1 saturated carbocycles. The Hall–Kier alpha value is -1.39. The lowest BCUT2D eigenvalue weighted by atomic mass is 9.89. The van der Waals surface area contributed by atoms with Crippen molar-refractivity contribution in [1.82, 2.24) is 5.32 Å². The van der Waals surface area contributed by atoms with Gasteiger partial charge < -0.3 is 14.8 Å². The molecule has 1 saturated heterocycles. The van der Waals surface area contributed by atoms with Gasteiger partial charge in [0.05, 0.1) is 31.8 Å². The van der Waals surface area contributed by atoms with Crippen LogP contribution in [0.5, 0.6) is 0 Å². The third-order valence-corrected chi connectivity index (χ3v) is 4.29. The number of fused-ring (bicyclic) bond motifs is 1. The van der Waals surface area contributed by atoms with Crippen LogP contribution in [0.25, 0.3) is 0 Å². The van der Waals surface area contributed by atoms with Crippen molar-refractivity contribution in [3.63, 3.8) is 0 Å². The van der Waals surface area contributed by atoms with Crippen LogP contribution in [0.1, 0.15) is 30.4 Å². The molecule has 4 nitrogen and oxygen atoms in total. The summed E-state index contributed by atoms with van der Waals surface area (Å²) < 4.78 is 11.5. The molecule has 0 radical (unpaired) electrons. The van der Waals surface area contributed by atoms with E-state index in [4.69, 9.17) is 9.47 Å². The lowest BCUT2D eigenvalue weighted by molar-refractivity contribution is -0.158. The zero-order valence-electron chi connectivity index (χ0n) is 12.5. The SMILES string of the molecule is Cc1cccc(CC(=O)N[C@@H]2CC[C@H]3OCCO[C@@H]3C2)c1. The van der Waals surface area contributed by atoms with Crippen molar-refractivity contribution in [1.29, 1.82) is 0 Å². The smallest absolute Gasteiger partial charge is 0.224 e. The molecular weight excluding hydrogens is 266 g/mol. The Balaban J connectivity index is 1.51. The third kappa shape index (κ3) is 3.83. The highest BCUT2D eigenvalue weighted by Crippen LogP contribution is 2.26. The third-order valence-electron chi connectivity index (χ3n) is 4.29. The van der Waals surface area contributed by atoms with E-state index >= 15 is 0 Å². The number of hydrogen-bond donors (Lipinski definition) is 1. The molecule has 0 bridgehead atoms. The first-order valence-corrected chi connectivity index (χ1v) is 7.79. The number of benzene rings is 1. The number of amides is 1. The molecule has 1 aromatic rings. The molecule has 1 heterocycles. The minimum Gasteiger partial charge on any atom is -0.373 e. The Labute approximate surface area is 125 Å². The molecule has 1 aliphatic heterocycles. The molecule has 4 heteroatoms. The average Bonchev–Trinajstić information content (AvgIpc) is 2.47. The Morgan fingerprint density at radius 2 is 2.05 bits per heavy atom. The van der Waals surface area contributed by atoms with Crippen LogP contribution in [-0.4, -0.2) is 37.4 Å². The van der Waals surface area contributed by atoms with Crippen molar-refractivity contribution >= 4 is 5.91 Å². The first-order chi connectivity index (χ1) is 10.2. The molecule has 1 amide bonds. The number of aryl methyl sites for hydroxylation is 1. The van der Waals surface area contributed by atoms with Gasteiger partial charge in [-0.25, -0.2) is 0 Å². The van der Waals surface area contributed by atoms with Crippen molar-refractivity contribution < 1.29 is 14.3 Å². The Bertz CT molecular complexity index is 503. The van der Waals surface area contributed by atoms with Crippen LogP contribution in [0.3, 0.4) is 0 Å². The van der Waals surface area contributed by atoms with Gasteiger partial charge in [0, 0.05) is 6.04 Å². The molecule has 2 aliphatic rings. The molecule has 0 aromatic heterocycles. The topological polar surface area (TPSA) is 47.6 Å². The summed E-state index contributed by atoms with van der Waals surface area (Å²) >= 11 is 0. The van der Waals surface area contributed by atoms with Gasteiger partial charge in [0.1, 0.15) is 0 Å². The van der Waals surface area contributed by atoms with E-state index in [1.165, 1.54) is 5.56 Å². The largest absolute Gasteiger partial charge is 0.373 e. The number of nitrogens with one attached hydrogen (secondary N) is 1. The molecule has 114 valence electrons. The quantitative estimate of drug-likeness (QED) is 0.925. The van der Waals surface area contributed by atoms with Gasteiger partial charge >= 0.3 is 0 Å². The molecular formula is C17H23NO3. The molecule has 21 heavy (non-hydrogen) atoms. The van der Waals surface area contributed by atoms with Crippen LogP contribution in [0.15, 0.2) is 24.3 Å². The van der Waals surface area contributed by atoms with Crippen molar-refractivity contribution in [3.8, 4) is 0 Å². The number of rotatable bonds is 3. The minimum absolute atomic E-state index is 0.0979. The first kappa shape index (κ1) is 14.5. The predicted octanol–water partition coefficient (Wildman–Crippen LogP) is 1.99. The molecule has 2 fully saturated rings. The van der Waals surface area contributed by atoms with Crippen LogP contribution in [-0.2, 0) is 20.7 Å². The maximum absolute atomic E-state index is 12.2. The van der Waals surface area contributed by atoms with Crippen molar-refractivity contribution in [2.45, 2.75) is 50.9 Å². The zero-order valence-corrected chi connectivity index (χ0v) is 12.5. The minimum atomic E-state index is 0.0979. The number of carbonyl (C=O) groups is 1. The highest BCUT2D eigenvalue weighted by atomic mass is 16.6. The second-order valence-electron chi connectivity index (χ2n) is 6.06. The van der Waals surface area contributed by atoms with Crippen LogP contribution in [0.4, 0.5) is 0 Å². The van der Waals surface area contributed by atoms with E-state index in [0.29, 0.717) is 19.6 Å². The summed E-state index contributed by atoms with van der Waals surface area (Å²) in [6.45, 7) is 3.42. The summed E-state index contributed by atoms with van der Waals surface area (Å²) in [5.41, 5.74) is 2.26. The zero-order chi connectivity index (χ0) is 14.7.